The summed E-state index contributed by atoms with van der Waals surface area (Å²) in [5.74, 6) is 1.12. The second kappa shape index (κ2) is 5.82. The van der Waals surface area contributed by atoms with Crippen molar-refractivity contribution in [3.63, 3.8) is 0 Å². The first-order valence-electron chi connectivity index (χ1n) is 5.57. The summed E-state index contributed by atoms with van der Waals surface area (Å²) in [6.45, 7) is 4.72. The highest BCUT2D eigenvalue weighted by atomic mass is 79.9. The van der Waals surface area contributed by atoms with Gasteiger partial charge in [-0.05, 0) is 34.1 Å². The highest BCUT2D eigenvalue weighted by molar-refractivity contribution is 9.10. The molecule has 0 unspecified atom stereocenters. The predicted octanol–water partition coefficient (Wildman–Crippen LogP) is 3.65. The van der Waals surface area contributed by atoms with E-state index in [1.807, 2.05) is 6.07 Å². The Morgan fingerprint density at radius 1 is 1.44 bits per heavy atom. The monoisotopic (exact) mass is 329 g/mol. The van der Waals surface area contributed by atoms with Gasteiger partial charge in [-0.1, -0.05) is 30.6 Å². The molecule has 6 heteroatoms. The predicted molar refractivity (Wildman–Crippen MR) is 74.4 cm³/mol. The van der Waals surface area contributed by atoms with Gasteiger partial charge in [-0.3, -0.25) is 0 Å². The minimum atomic E-state index is 0.384. The molecule has 0 atom stereocenters. The van der Waals surface area contributed by atoms with Crippen molar-refractivity contribution in [3.8, 4) is 11.5 Å². The van der Waals surface area contributed by atoms with E-state index in [0.717, 1.165) is 10.0 Å². The van der Waals surface area contributed by atoms with E-state index in [-0.39, 0.29) is 0 Å². The molecule has 0 aliphatic carbocycles. The minimum Gasteiger partial charge on any atom is -0.334 e. The summed E-state index contributed by atoms with van der Waals surface area (Å²) in [7, 11) is 0. The van der Waals surface area contributed by atoms with Gasteiger partial charge in [-0.15, -0.1) is 0 Å². The van der Waals surface area contributed by atoms with E-state index >= 15 is 0 Å². The van der Waals surface area contributed by atoms with Gasteiger partial charge in [-0.25, -0.2) is 0 Å². The molecule has 0 radical (unpaired) electrons. The van der Waals surface area contributed by atoms with Gasteiger partial charge in [0.15, 0.2) is 5.82 Å². The van der Waals surface area contributed by atoms with E-state index in [9.17, 15) is 0 Å². The zero-order valence-corrected chi connectivity index (χ0v) is 12.4. The van der Waals surface area contributed by atoms with E-state index in [4.69, 9.17) is 16.1 Å². The van der Waals surface area contributed by atoms with E-state index in [1.54, 1.807) is 12.1 Å². The summed E-state index contributed by atoms with van der Waals surface area (Å²) in [6, 6.07) is 5.82. The van der Waals surface area contributed by atoms with Crippen molar-refractivity contribution in [2.75, 3.05) is 0 Å². The summed E-state index contributed by atoms with van der Waals surface area (Å²) in [4.78, 5) is 4.33. The van der Waals surface area contributed by atoms with Crippen molar-refractivity contribution in [2.24, 2.45) is 0 Å². The van der Waals surface area contributed by atoms with E-state index < -0.39 is 0 Å². The van der Waals surface area contributed by atoms with E-state index in [2.05, 4.69) is 45.2 Å². The SMILES string of the molecule is CC(C)NCc1noc(-c2ccc(Cl)cc2Br)n1. The molecular formula is C12H13BrClN3O. The Hall–Kier alpha value is -0.910. The number of rotatable bonds is 4. The average molecular weight is 331 g/mol. The van der Waals surface area contributed by atoms with Crippen molar-refractivity contribution in [3.05, 3.63) is 33.5 Å². The fourth-order valence-electron chi connectivity index (χ4n) is 1.39. The Morgan fingerprint density at radius 3 is 2.89 bits per heavy atom. The molecule has 0 spiro atoms. The first kappa shape index (κ1) is 13.5. The Kier molecular flexibility index (Phi) is 4.37. The van der Waals surface area contributed by atoms with Crippen LogP contribution in [0.3, 0.4) is 0 Å². The second-order valence-corrected chi connectivity index (χ2v) is 5.47. The topological polar surface area (TPSA) is 51.0 Å². The lowest BCUT2D eigenvalue weighted by Crippen LogP contribution is -2.22. The van der Waals surface area contributed by atoms with Crippen LogP contribution in [0.1, 0.15) is 19.7 Å². The first-order chi connectivity index (χ1) is 8.56. The number of aromatic nitrogens is 2. The molecule has 0 saturated heterocycles. The van der Waals surface area contributed by atoms with Gasteiger partial charge in [0.1, 0.15) is 0 Å². The first-order valence-corrected chi connectivity index (χ1v) is 6.74. The fraction of sp³-hybridized carbons (Fsp3) is 0.333. The lowest BCUT2D eigenvalue weighted by Gasteiger charge is -2.03. The largest absolute Gasteiger partial charge is 0.334 e. The lowest BCUT2D eigenvalue weighted by atomic mass is 10.2. The van der Waals surface area contributed by atoms with Crippen LogP contribution in [-0.2, 0) is 6.54 Å². The van der Waals surface area contributed by atoms with Crippen molar-refractivity contribution in [2.45, 2.75) is 26.4 Å². The molecule has 0 aliphatic heterocycles. The van der Waals surface area contributed by atoms with Gasteiger partial charge < -0.3 is 9.84 Å². The van der Waals surface area contributed by atoms with Crippen LogP contribution < -0.4 is 5.32 Å². The van der Waals surface area contributed by atoms with Gasteiger partial charge in [-0.2, -0.15) is 4.98 Å². The zero-order valence-electron chi connectivity index (χ0n) is 10.1. The summed E-state index contributed by atoms with van der Waals surface area (Å²) in [5.41, 5.74) is 0.836. The quantitative estimate of drug-likeness (QED) is 0.929. The van der Waals surface area contributed by atoms with Gasteiger partial charge in [0.05, 0.1) is 12.1 Å². The van der Waals surface area contributed by atoms with Crippen LogP contribution >= 0.6 is 27.5 Å². The molecule has 18 heavy (non-hydrogen) atoms. The van der Waals surface area contributed by atoms with Gasteiger partial charge in [0.2, 0.25) is 0 Å². The number of hydrogen-bond donors (Lipinski definition) is 1. The summed E-state index contributed by atoms with van der Waals surface area (Å²) in [5, 5.41) is 7.82. The van der Waals surface area contributed by atoms with E-state index in [0.29, 0.717) is 29.3 Å². The Morgan fingerprint density at radius 2 is 2.22 bits per heavy atom. The Balaban J connectivity index is 2.18. The van der Waals surface area contributed by atoms with Gasteiger partial charge in [0.25, 0.3) is 5.89 Å². The molecule has 96 valence electrons. The highest BCUT2D eigenvalue weighted by Crippen LogP contribution is 2.29. The van der Waals surface area contributed by atoms with Gasteiger partial charge in [0, 0.05) is 15.5 Å². The van der Waals surface area contributed by atoms with Gasteiger partial charge >= 0.3 is 0 Å². The molecule has 1 aromatic carbocycles. The summed E-state index contributed by atoms with van der Waals surface area (Å²) < 4.78 is 6.06. The average Bonchev–Trinajstić information content (AvgIpc) is 2.75. The normalized spacial score (nSPS) is 11.2. The third-order valence-corrected chi connectivity index (χ3v) is 3.19. The molecule has 0 aliphatic rings. The molecule has 0 fully saturated rings. The molecule has 0 saturated carbocycles. The minimum absolute atomic E-state index is 0.384. The lowest BCUT2D eigenvalue weighted by molar-refractivity contribution is 0.417. The number of hydrogen-bond acceptors (Lipinski definition) is 4. The molecule has 0 amide bonds. The van der Waals surface area contributed by atoms with Crippen LogP contribution in [0.15, 0.2) is 27.2 Å². The highest BCUT2D eigenvalue weighted by Gasteiger charge is 2.12. The van der Waals surface area contributed by atoms with E-state index in [1.165, 1.54) is 0 Å². The molecule has 1 heterocycles. The van der Waals surface area contributed by atoms with Crippen molar-refractivity contribution < 1.29 is 4.52 Å². The molecule has 1 N–H and O–H groups in total. The van der Waals surface area contributed by atoms with Crippen LogP contribution in [0.5, 0.6) is 0 Å². The fourth-order valence-corrected chi connectivity index (χ4v) is 2.25. The third kappa shape index (κ3) is 3.31. The van der Waals surface area contributed by atoms with Crippen LogP contribution in [0, 0.1) is 0 Å². The molecule has 4 nitrogen and oxygen atoms in total. The number of nitrogens with one attached hydrogen (secondary N) is 1. The van der Waals surface area contributed by atoms with Crippen molar-refractivity contribution in [1.29, 1.82) is 0 Å². The van der Waals surface area contributed by atoms with Crippen molar-refractivity contribution in [1.82, 2.24) is 15.5 Å². The van der Waals surface area contributed by atoms with Crippen LogP contribution in [0.2, 0.25) is 5.02 Å². The molecule has 1 aromatic heterocycles. The zero-order chi connectivity index (χ0) is 13.1. The maximum absolute atomic E-state index is 5.89. The van der Waals surface area contributed by atoms with Crippen LogP contribution in [0.25, 0.3) is 11.5 Å². The van der Waals surface area contributed by atoms with Crippen LogP contribution in [0.4, 0.5) is 0 Å². The maximum atomic E-state index is 5.89. The van der Waals surface area contributed by atoms with Crippen LogP contribution in [-0.4, -0.2) is 16.2 Å². The Labute approximate surface area is 119 Å². The molecule has 2 rings (SSSR count). The number of nitrogens with zero attached hydrogens (tertiary/aromatic N) is 2. The standard InChI is InChI=1S/C12H13BrClN3O/c1-7(2)15-6-11-16-12(18-17-11)9-4-3-8(14)5-10(9)13/h3-5,7,15H,6H2,1-2H3. The maximum Gasteiger partial charge on any atom is 0.259 e. The molecule has 2 aromatic rings. The summed E-state index contributed by atoms with van der Waals surface area (Å²) >= 11 is 9.31. The Bertz CT molecular complexity index is 542. The summed E-state index contributed by atoms with van der Waals surface area (Å²) in [6.07, 6.45) is 0. The number of halogens is 2. The third-order valence-electron chi connectivity index (χ3n) is 2.30. The molecule has 0 bridgehead atoms. The van der Waals surface area contributed by atoms with Crippen molar-refractivity contribution >= 4 is 27.5 Å². The second-order valence-electron chi connectivity index (χ2n) is 4.18. The smallest absolute Gasteiger partial charge is 0.259 e. The molecular weight excluding hydrogens is 318 g/mol. The number of benzene rings is 1.